The first-order chi connectivity index (χ1) is 9.28. The number of ether oxygens (including phenoxy) is 4. The average Bonchev–Trinajstić information content (AvgIpc) is 2.88. The third-order valence-corrected chi connectivity index (χ3v) is 4.92. The SMILES string of the molecule is CO[C@@H]1C[C@H](OC(C)C2CCCCC2)[C@H]2COC1O2. The first kappa shape index (κ1) is 13.8. The molecule has 0 aromatic heterocycles. The Morgan fingerprint density at radius 1 is 1.11 bits per heavy atom. The van der Waals surface area contributed by atoms with Crippen LogP contribution in [0.2, 0.25) is 0 Å². The van der Waals surface area contributed by atoms with Crippen molar-refractivity contribution in [3.63, 3.8) is 0 Å². The van der Waals surface area contributed by atoms with Gasteiger partial charge >= 0.3 is 0 Å². The van der Waals surface area contributed by atoms with E-state index in [1.54, 1.807) is 7.11 Å². The Bertz CT molecular complexity index is 290. The quantitative estimate of drug-likeness (QED) is 0.786. The highest BCUT2D eigenvalue weighted by Gasteiger charge is 2.45. The number of rotatable bonds is 4. The standard InChI is InChI=1S/C15H26O4/c1-10(11-6-4-3-5-7-11)18-12-8-13(16-2)15-17-9-14(12)19-15/h10-15H,3-9H2,1-2H3/t10?,12-,13+,14+,15?/m0/s1. The maximum atomic E-state index is 6.31. The summed E-state index contributed by atoms with van der Waals surface area (Å²) < 4.78 is 23.2. The Morgan fingerprint density at radius 3 is 2.63 bits per heavy atom. The molecular formula is C15H26O4. The zero-order valence-corrected chi connectivity index (χ0v) is 12.0. The van der Waals surface area contributed by atoms with Crippen LogP contribution in [0.5, 0.6) is 0 Å². The lowest BCUT2D eigenvalue weighted by atomic mass is 9.85. The molecule has 0 aromatic carbocycles. The van der Waals surface area contributed by atoms with E-state index in [0.717, 1.165) is 12.3 Å². The van der Waals surface area contributed by atoms with Crippen molar-refractivity contribution in [2.45, 2.75) is 76.2 Å². The van der Waals surface area contributed by atoms with Gasteiger partial charge in [-0.1, -0.05) is 19.3 Å². The predicted octanol–water partition coefficient (Wildman–Crippen LogP) is 2.50. The molecule has 0 N–H and O–H groups in total. The Kier molecular flexibility index (Phi) is 4.42. The highest BCUT2D eigenvalue weighted by atomic mass is 16.8. The Balaban J connectivity index is 1.56. The van der Waals surface area contributed by atoms with Crippen LogP contribution in [0.25, 0.3) is 0 Å². The van der Waals surface area contributed by atoms with Crippen molar-refractivity contribution in [3.8, 4) is 0 Å². The van der Waals surface area contributed by atoms with Gasteiger partial charge in [-0.3, -0.25) is 0 Å². The second-order valence-electron chi connectivity index (χ2n) is 6.16. The zero-order chi connectivity index (χ0) is 13.2. The lowest BCUT2D eigenvalue weighted by Crippen LogP contribution is -2.46. The minimum atomic E-state index is -0.181. The number of methoxy groups -OCH3 is 1. The highest BCUT2D eigenvalue weighted by Crippen LogP contribution is 2.34. The van der Waals surface area contributed by atoms with Crippen molar-refractivity contribution in [2.24, 2.45) is 5.92 Å². The molecule has 1 saturated carbocycles. The summed E-state index contributed by atoms with van der Waals surface area (Å²) >= 11 is 0. The minimum Gasteiger partial charge on any atom is -0.376 e. The van der Waals surface area contributed by atoms with Gasteiger partial charge < -0.3 is 18.9 Å². The molecule has 2 bridgehead atoms. The molecule has 4 heteroatoms. The van der Waals surface area contributed by atoms with Gasteiger partial charge in [0, 0.05) is 13.5 Å². The van der Waals surface area contributed by atoms with E-state index in [9.17, 15) is 0 Å². The van der Waals surface area contributed by atoms with Gasteiger partial charge in [0.25, 0.3) is 0 Å². The second-order valence-corrected chi connectivity index (χ2v) is 6.16. The fourth-order valence-electron chi connectivity index (χ4n) is 3.66. The molecule has 0 spiro atoms. The molecule has 0 aromatic rings. The summed E-state index contributed by atoms with van der Waals surface area (Å²) in [6, 6.07) is 0. The van der Waals surface area contributed by atoms with Crippen LogP contribution in [-0.2, 0) is 18.9 Å². The van der Waals surface area contributed by atoms with Gasteiger partial charge in [-0.15, -0.1) is 0 Å². The summed E-state index contributed by atoms with van der Waals surface area (Å²) in [5.74, 6) is 0.717. The number of hydrogen-bond donors (Lipinski definition) is 0. The molecule has 2 unspecified atom stereocenters. The molecule has 2 heterocycles. The molecule has 1 aliphatic carbocycles. The van der Waals surface area contributed by atoms with Gasteiger partial charge in [-0.25, -0.2) is 0 Å². The minimum absolute atomic E-state index is 0.0160. The molecule has 2 aliphatic heterocycles. The fraction of sp³-hybridized carbons (Fsp3) is 1.00. The van der Waals surface area contributed by atoms with Gasteiger partial charge in [0.2, 0.25) is 0 Å². The van der Waals surface area contributed by atoms with Crippen LogP contribution in [-0.4, -0.2) is 44.4 Å². The molecule has 3 aliphatic rings. The average molecular weight is 270 g/mol. The predicted molar refractivity (Wildman–Crippen MR) is 70.9 cm³/mol. The van der Waals surface area contributed by atoms with Gasteiger partial charge in [-0.2, -0.15) is 0 Å². The molecular weight excluding hydrogens is 244 g/mol. The summed E-state index contributed by atoms with van der Waals surface area (Å²) in [6.07, 6.45) is 8.00. The van der Waals surface area contributed by atoms with Crippen molar-refractivity contribution in [3.05, 3.63) is 0 Å². The lowest BCUT2D eigenvalue weighted by molar-refractivity contribution is -0.209. The fourth-order valence-corrected chi connectivity index (χ4v) is 3.66. The summed E-state index contributed by atoms with van der Waals surface area (Å²) in [6.45, 7) is 2.87. The van der Waals surface area contributed by atoms with Gasteiger partial charge in [0.15, 0.2) is 6.29 Å². The van der Waals surface area contributed by atoms with Gasteiger partial charge in [0.1, 0.15) is 12.2 Å². The van der Waals surface area contributed by atoms with Crippen LogP contribution in [0.1, 0.15) is 45.4 Å². The highest BCUT2D eigenvalue weighted by molar-refractivity contribution is 4.88. The van der Waals surface area contributed by atoms with E-state index in [0.29, 0.717) is 12.7 Å². The summed E-state index contributed by atoms with van der Waals surface area (Å²) in [5, 5.41) is 0. The van der Waals surface area contributed by atoms with Crippen molar-refractivity contribution >= 4 is 0 Å². The van der Waals surface area contributed by atoms with Crippen LogP contribution in [0.15, 0.2) is 0 Å². The van der Waals surface area contributed by atoms with Crippen molar-refractivity contribution < 1.29 is 18.9 Å². The second kappa shape index (κ2) is 6.08. The van der Waals surface area contributed by atoms with E-state index < -0.39 is 0 Å². The Morgan fingerprint density at radius 2 is 1.89 bits per heavy atom. The molecule has 3 rings (SSSR count). The summed E-state index contributed by atoms with van der Waals surface area (Å²) in [4.78, 5) is 0. The Hall–Kier alpha value is -0.160. The molecule has 2 saturated heterocycles. The smallest absolute Gasteiger partial charge is 0.184 e. The van der Waals surface area contributed by atoms with Crippen LogP contribution in [0.4, 0.5) is 0 Å². The van der Waals surface area contributed by atoms with E-state index in [4.69, 9.17) is 18.9 Å². The van der Waals surface area contributed by atoms with Gasteiger partial charge in [0.05, 0.1) is 18.8 Å². The maximum absolute atomic E-state index is 6.31. The zero-order valence-electron chi connectivity index (χ0n) is 12.0. The van der Waals surface area contributed by atoms with Crippen molar-refractivity contribution in [1.29, 1.82) is 0 Å². The van der Waals surface area contributed by atoms with Crippen LogP contribution < -0.4 is 0 Å². The van der Waals surface area contributed by atoms with E-state index >= 15 is 0 Å². The van der Waals surface area contributed by atoms with Crippen molar-refractivity contribution in [2.75, 3.05) is 13.7 Å². The summed E-state index contributed by atoms with van der Waals surface area (Å²) in [7, 11) is 1.72. The van der Waals surface area contributed by atoms with E-state index in [-0.39, 0.29) is 24.6 Å². The molecule has 3 fully saturated rings. The first-order valence-electron chi connectivity index (χ1n) is 7.73. The molecule has 0 amide bonds. The third-order valence-electron chi connectivity index (χ3n) is 4.92. The molecule has 4 nitrogen and oxygen atoms in total. The van der Waals surface area contributed by atoms with E-state index in [1.807, 2.05) is 0 Å². The van der Waals surface area contributed by atoms with Crippen LogP contribution in [0, 0.1) is 5.92 Å². The van der Waals surface area contributed by atoms with Crippen LogP contribution >= 0.6 is 0 Å². The molecule has 0 radical (unpaired) electrons. The first-order valence-corrected chi connectivity index (χ1v) is 7.73. The molecule has 5 atom stereocenters. The lowest BCUT2D eigenvalue weighted by Gasteiger charge is -2.36. The van der Waals surface area contributed by atoms with Gasteiger partial charge in [-0.05, 0) is 25.7 Å². The third kappa shape index (κ3) is 2.97. The topological polar surface area (TPSA) is 36.9 Å². The number of fused-ring (bicyclic) bond motifs is 2. The normalized spacial score (nSPS) is 41.4. The number of hydrogen-bond acceptors (Lipinski definition) is 4. The summed E-state index contributed by atoms with van der Waals surface area (Å²) in [5.41, 5.74) is 0. The molecule has 19 heavy (non-hydrogen) atoms. The largest absolute Gasteiger partial charge is 0.376 e. The van der Waals surface area contributed by atoms with Crippen molar-refractivity contribution in [1.82, 2.24) is 0 Å². The van der Waals surface area contributed by atoms with Crippen LogP contribution in [0.3, 0.4) is 0 Å². The Labute approximate surface area is 115 Å². The van der Waals surface area contributed by atoms with E-state index in [1.165, 1.54) is 32.1 Å². The monoisotopic (exact) mass is 270 g/mol. The molecule has 110 valence electrons. The maximum Gasteiger partial charge on any atom is 0.184 e. The van der Waals surface area contributed by atoms with E-state index in [2.05, 4.69) is 6.92 Å².